The molecule has 0 aliphatic rings. The molecule has 4 nitrogen and oxygen atoms in total. The topological polar surface area (TPSA) is 47.9 Å². The molecule has 0 unspecified atom stereocenters. The van der Waals surface area contributed by atoms with Crippen molar-refractivity contribution < 1.29 is 14.3 Å². The van der Waals surface area contributed by atoms with Gasteiger partial charge in [-0.25, -0.2) is 4.79 Å². The van der Waals surface area contributed by atoms with Crippen LogP contribution in [0.25, 0.3) is 16.8 Å². The number of carbonyl (C=O) groups excluding carboxylic acids is 1. The van der Waals surface area contributed by atoms with Gasteiger partial charge in [0.2, 0.25) is 0 Å². The second-order valence-electron chi connectivity index (χ2n) is 11.4. The van der Waals surface area contributed by atoms with Crippen molar-refractivity contribution in [1.29, 1.82) is 0 Å². The van der Waals surface area contributed by atoms with Gasteiger partial charge in [0, 0.05) is 12.3 Å². The van der Waals surface area contributed by atoms with E-state index in [-0.39, 0.29) is 0 Å². The SMILES string of the molecule is CCCCCCCCCCCCCCOc1ccc(/C=C/C(=O)Oc2ccc(C=Nc3ccc4ccccc4c3)cc2)cc1. The van der Waals surface area contributed by atoms with Crippen LogP contribution in [0, 0.1) is 0 Å². The Morgan fingerprint density at radius 1 is 0.636 bits per heavy atom. The van der Waals surface area contributed by atoms with Gasteiger partial charge in [-0.3, -0.25) is 4.99 Å². The molecule has 230 valence electrons. The fourth-order valence-electron chi connectivity index (χ4n) is 5.15. The van der Waals surface area contributed by atoms with E-state index >= 15 is 0 Å². The number of ether oxygens (including phenoxy) is 2. The normalized spacial score (nSPS) is 11.5. The zero-order chi connectivity index (χ0) is 30.7. The van der Waals surface area contributed by atoms with Gasteiger partial charge in [-0.1, -0.05) is 120 Å². The second-order valence-corrected chi connectivity index (χ2v) is 11.4. The van der Waals surface area contributed by atoms with Crippen LogP contribution in [-0.4, -0.2) is 18.8 Å². The van der Waals surface area contributed by atoms with Crippen molar-refractivity contribution in [1.82, 2.24) is 0 Å². The summed E-state index contributed by atoms with van der Waals surface area (Å²) in [5.41, 5.74) is 2.73. The standard InChI is InChI=1S/C40H47NO3/c1-2-3-4-5-6-7-8-9-10-11-12-15-30-43-38-25-18-33(19-26-38)22-29-40(42)44-39-27-20-34(21-28-39)32-41-37-24-23-35-16-13-14-17-36(35)31-37/h13-14,16-29,31-32H,2-12,15,30H2,1H3/b29-22+,41-32?. The van der Waals surface area contributed by atoms with Crippen LogP contribution in [0.2, 0.25) is 0 Å². The summed E-state index contributed by atoms with van der Waals surface area (Å²) in [5, 5.41) is 2.35. The second kappa shape index (κ2) is 19.2. The highest BCUT2D eigenvalue weighted by atomic mass is 16.5. The van der Waals surface area contributed by atoms with Crippen LogP contribution in [0.3, 0.4) is 0 Å². The van der Waals surface area contributed by atoms with Crippen molar-refractivity contribution in [2.45, 2.75) is 84.0 Å². The van der Waals surface area contributed by atoms with E-state index in [0.717, 1.165) is 41.0 Å². The molecule has 0 aliphatic heterocycles. The lowest BCUT2D eigenvalue weighted by Crippen LogP contribution is -2.03. The van der Waals surface area contributed by atoms with Crippen molar-refractivity contribution in [3.63, 3.8) is 0 Å². The van der Waals surface area contributed by atoms with E-state index in [1.165, 1.54) is 82.1 Å². The highest BCUT2D eigenvalue weighted by Gasteiger charge is 2.02. The van der Waals surface area contributed by atoms with Gasteiger partial charge >= 0.3 is 5.97 Å². The largest absolute Gasteiger partial charge is 0.494 e. The minimum absolute atomic E-state index is 0.421. The number of carbonyl (C=O) groups is 1. The lowest BCUT2D eigenvalue weighted by atomic mass is 10.1. The number of nitrogens with zero attached hydrogens (tertiary/aromatic N) is 1. The number of unbranched alkanes of at least 4 members (excludes halogenated alkanes) is 11. The summed E-state index contributed by atoms with van der Waals surface area (Å²) in [6.45, 7) is 3.02. The van der Waals surface area contributed by atoms with Crippen LogP contribution in [0.1, 0.15) is 95.1 Å². The Hall–Kier alpha value is -4.18. The molecule has 0 spiro atoms. The zero-order valence-corrected chi connectivity index (χ0v) is 26.3. The molecule has 0 heterocycles. The van der Waals surface area contributed by atoms with Crippen molar-refractivity contribution in [2.75, 3.05) is 6.61 Å². The zero-order valence-electron chi connectivity index (χ0n) is 26.3. The maximum absolute atomic E-state index is 12.3. The monoisotopic (exact) mass is 589 g/mol. The molecule has 4 aromatic carbocycles. The number of esters is 1. The van der Waals surface area contributed by atoms with Gasteiger partial charge in [0.25, 0.3) is 0 Å². The van der Waals surface area contributed by atoms with Crippen LogP contribution in [-0.2, 0) is 4.79 Å². The van der Waals surface area contributed by atoms with Crippen LogP contribution < -0.4 is 9.47 Å². The molecule has 0 bridgehead atoms. The summed E-state index contributed by atoms with van der Waals surface area (Å²) in [6, 6.07) is 29.5. The molecule has 0 atom stereocenters. The Morgan fingerprint density at radius 2 is 1.23 bits per heavy atom. The lowest BCUT2D eigenvalue weighted by Gasteiger charge is -2.07. The van der Waals surface area contributed by atoms with Gasteiger partial charge in [-0.05, 0) is 82.9 Å². The van der Waals surface area contributed by atoms with Gasteiger partial charge in [0.05, 0.1) is 12.3 Å². The molecule has 0 fully saturated rings. The van der Waals surface area contributed by atoms with Gasteiger partial charge in [0.15, 0.2) is 0 Å². The molecule has 44 heavy (non-hydrogen) atoms. The van der Waals surface area contributed by atoms with E-state index < -0.39 is 5.97 Å². The highest BCUT2D eigenvalue weighted by molar-refractivity contribution is 5.89. The quantitative estimate of drug-likeness (QED) is 0.0359. The summed E-state index contributed by atoms with van der Waals surface area (Å²) in [6.07, 6.45) is 21.0. The molecule has 0 amide bonds. The molecule has 0 radical (unpaired) electrons. The smallest absolute Gasteiger partial charge is 0.336 e. The maximum Gasteiger partial charge on any atom is 0.336 e. The predicted molar refractivity (Wildman–Crippen MR) is 185 cm³/mol. The molecule has 0 N–H and O–H groups in total. The molecule has 0 saturated carbocycles. The van der Waals surface area contributed by atoms with E-state index in [9.17, 15) is 4.79 Å². The lowest BCUT2D eigenvalue weighted by molar-refractivity contribution is -0.128. The molecule has 0 saturated heterocycles. The van der Waals surface area contributed by atoms with Crippen LogP contribution >= 0.6 is 0 Å². The van der Waals surface area contributed by atoms with Crippen molar-refractivity contribution in [2.24, 2.45) is 4.99 Å². The van der Waals surface area contributed by atoms with E-state index in [4.69, 9.17) is 9.47 Å². The first-order valence-electron chi connectivity index (χ1n) is 16.5. The fraction of sp³-hybridized carbons (Fsp3) is 0.350. The fourth-order valence-corrected chi connectivity index (χ4v) is 5.15. The number of fused-ring (bicyclic) bond motifs is 1. The summed E-state index contributed by atoms with van der Waals surface area (Å²) in [7, 11) is 0. The summed E-state index contributed by atoms with van der Waals surface area (Å²) >= 11 is 0. The van der Waals surface area contributed by atoms with Gasteiger partial charge in [-0.15, -0.1) is 0 Å². The molecular weight excluding hydrogens is 542 g/mol. The van der Waals surface area contributed by atoms with Crippen molar-refractivity contribution in [3.8, 4) is 11.5 Å². The predicted octanol–water partition coefficient (Wildman–Crippen LogP) is 11.3. The van der Waals surface area contributed by atoms with Gasteiger partial charge < -0.3 is 9.47 Å². The van der Waals surface area contributed by atoms with Gasteiger partial charge in [0.1, 0.15) is 11.5 Å². The maximum atomic E-state index is 12.3. The molecule has 4 rings (SSSR count). The minimum Gasteiger partial charge on any atom is -0.494 e. The molecule has 0 aliphatic carbocycles. The van der Waals surface area contributed by atoms with Crippen molar-refractivity contribution >= 4 is 34.7 Å². The molecule has 0 aromatic heterocycles. The number of aliphatic imine (C=N–C) groups is 1. The number of benzene rings is 4. The Balaban J connectivity index is 1.09. The van der Waals surface area contributed by atoms with E-state index in [1.807, 2.05) is 60.8 Å². The van der Waals surface area contributed by atoms with E-state index in [1.54, 1.807) is 18.2 Å². The van der Waals surface area contributed by atoms with Crippen LogP contribution in [0.5, 0.6) is 11.5 Å². The first kappa shape index (κ1) is 32.7. The summed E-state index contributed by atoms with van der Waals surface area (Å²) < 4.78 is 11.4. The van der Waals surface area contributed by atoms with E-state index in [2.05, 4.69) is 36.2 Å². The Bertz CT molecular complexity index is 1450. The number of hydrogen-bond acceptors (Lipinski definition) is 4. The summed E-state index contributed by atoms with van der Waals surface area (Å²) in [4.78, 5) is 16.9. The third-order valence-electron chi connectivity index (χ3n) is 7.75. The third-order valence-corrected chi connectivity index (χ3v) is 7.75. The average Bonchev–Trinajstić information content (AvgIpc) is 3.06. The first-order chi connectivity index (χ1) is 21.7. The third kappa shape index (κ3) is 12.2. The minimum atomic E-state index is -0.421. The van der Waals surface area contributed by atoms with Crippen LogP contribution in [0.15, 0.2) is 102 Å². The number of hydrogen-bond donors (Lipinski definition) is 0. The van der Waals surface area contributed by atoms with Crippen molar-refractivity contribution in [3.05, 3.63) is 108 Å². The molecule has 4 heteroatoms. The van der Waals surface area contributed by atoms with Crippen LogP contribution in [0.4, 0.5) is 5.69 Å². The Kier molecular flexibility index (Phi) is 14.3. The molecule has 4 aromatic rings. The first-order valence-corrected chi connectivity index (χ1v) is 16.5. The number of rotatable bonds is 19. The average molecular weight is 590 g/mol. The van der Waals surface area contributed by atoms with Gasteiger partial charge in [-0.2, -0.15) is 0 Å². The summed E-state index contributed by atoms with van der Waals surface area (Å²) in [5.74, 6) is 0.927. The Morgan fingerprint density at radius 3 is 1.91 bits per heavy atom. The molecular formula is C40H47NO3. The highest BCUT2D eigenvalue weighted by Crippen LogP contribution is 2.21. The van der Waals surface area contributed by atoms with E-state index in [0.29, 0.717) is 5.75 Å². The Labute approximate surface area is 263 Å².